The summed E-state index contributed by atoms with van der Waals surface area (Å²) in [6.07, 6.45) is 0. The summed E-state index contributed by atoms with van der Waals surface area (Å²) < 4.78 is 39.9. The van der Waals surface area contributed by atoms with E-state index in [4.69, 9.17) is 4.11 Å². The lowest BCUT2D eigenvalue weighted by molar-refractivity contribution is 1.17. The average Bonchev–Trinajstić information content (AvgIpc) is 3.70. The summed E-state index contributed by atoms with van der Waals surface area (Å²) in [5, 5.41) is 12.4. The molecule has 0 N–H and O–H groups in total. The molecule has 9 aromatic rings. The van der Waals surface area contributed by atoms with Crippen LogP contribution in [0.15, 0.2) is 164 Å². The molecule has 0 aliphatic rings. The number of fused-ring (bicyclic) bond motifs is 7. The molecule has 0 radical (unpaired) electrons. The molecule has 0 saturated heterocycles. The molecule has 214 valence electrons. The highest BCUT2D eigenvalue weighted by Gasteiger charge is 2.20. The summed E-state index contributed by atoms with van der Waals surface area (Å²) in [5.41, 5.74) is 9.74. The summed E-state index contributed by atoms with van der Waals surface area (Å²) in [4.78, 5) is 0. The zero-order valence-electron chi connectivity index (χ0n) is 28.6. The van der Waals surface area contributed by atoms with Crippen LogP contribution >= 0.6 is 0 Å². The van der Waals surface area contributed by atoms with Crippen molar-refractivity contribution in [1.29, 1.82) is 5.26 Å². The third kappa shape index (κ3) is 3.98. The SMILES string of the molecule is [2H]c1c([2H])c([2H])c2c(c1[2H])c1c3c4ccccc4n(-c4ccc(-c5ccc(C#N)cc5)cc4)c3ccc1n2-c1cccc(-c2ccccc2)c1. The predicted octanol–water partition coefficient (Wildman–Crippen LogP) is 11.1. The lowest BCUT2D eigenvalue weighted by Crippen LogP contribution is -1.95. The number of nitrogens with zero attached hydrogens (tertiary/aromatic N) is 3. The van der Waals surface area contributed by atoms with Crippen molar-refractivity contribution in [1.82, 2.24) is 9.13 Å². The first-order chi connectivity index (χ1) is 24.4. The fourth-order valence-electron chi connectivity index (χ4n) is 6.81. The van der Waals surface area contributed by atoms with Gasteiger partial charge in [-0.05, 0) is 82.9 Å². The molecule has 46 heavy (non-hydrogen) atoms. The predicted molar refractivity (Wildman–Crippen MR) is 191 cm³/mol. The highest BCUT2D eigenvalue weighted by atomic mass is 15.0. The summed E-state index contributed by atoms with van der Waals surface area (Å²) >= 11 is 0. The van der Waals surface area contributed by atoms with Crippen molar-refractivity contribution in [2.24, 2.45) is 0 Å². The van der Waals surface area contributed by atoms with Gasteiger partial charge in [0.05, 0.1) is 39.2 Å². The number of rotatable bonds is 4. The van der Waals surface area contributed by atoms with Crippen molar-refractivity contribution in [2.75, 3.05) is 0 Å². The van der Waals surface area contributed by atoms with E-state index in [0.717, 1.165) is 66.3 Å². The largest absolute Gasteiger partial charge is 0.309 e. The fraction of sp³-hybridized carbons (Fsp3) is 0. The maximum atomic E-state index is 9.22. The van der Waals surface area contributed by atoms with Gasteiger partial charge in [-0.15, -0.1) is 0 Å². The van der Waals surface area contributed by atoms with E-state index in [1.165, 1.54) is 0 Å². The number of hydrogen-bond acceptors (Lipinski definition) is 1. The van der Waals surface area contributed by atoms with Crippen LogP contribution in [0, 0.1) is 11.3 Å². The van der Waals surface area contributed by atoms with E-state index in [1.54, 1.807) is 0 Å². The monoisotopic (exact) mass is 589 g/mol. The maximum Gasteiger partial charge on any atom is 0.0991 e. The van der Waals surface area contributed by atoms with Gasteiger partial charge in [-0.25, -0.2) is 0 Å². The van der Waals surface area contributed by atoms with E-state index in [9.17, 15) is 6.63 Å². The van der Waals surface area contributed by atoms with Crippen molar-refractivity contribution < 1.29 is 5.48 Å². The molecule has 2 aromatic heterocycles. The lowest BCUT2D eigenvalue weighted by atomic mass is 10.0. The van der Waals surface area contributed by atoms with Crippen LogP contribution in [0.5, 0.6) is 0 Å². The quantitative estimate of drug-likeness (QED) is 0.201. The van der Waals surface area contributed by atoms with Gasteiger partial charge in [0, 0.05) is 32.9 Å². The molecule has 0 amide bonds. The first-order valence-electron chi connectivity index (χ1n) is 17.2. The van der Waals surface area contributed by atoms with Gasteiger partial charge in [-0.2, -0.15) is 5.26 Å². The van der Waals surface area contributed by atoms with Gasteiger partial charge in [-0.3, -0.25) is 0 Å². The van der Waals surface area contributed by atoms with Gasteiger partial charge < -0.3 is 9.13 Å². The van der Waals surface area contributed by atoms with Crippen molar-refractivity contribution in [3.05, 3.63) is 169 Å². The van der Waals surface area contributed by atoms with E-state index in [2.05, 4.69) is 77.4 Å². The Morgan fingerprint density at radius 3 is 1.83 bits per heavy atom. The van der Waals surface area contributed by atoms with Crippen LogP contribution in [0.4, 0.5) is 0 Å². The minimum absolute atomic E-state index is 0.0555. The first kappa shape index (κ1) is 22.2. The van der Waals surface area contributed by atoms with Crippen LogP contribution in [0.3, 0.4) is 0 Å². The fourth-order valence-corrected chi connectivity index (χ4v) is 6.81. The number of aromatic nitrogens is 2. The Kier molecular flexibility index (Phi) is 5.00. The maximum absolute atomic E-state index is 9.22. The number of nitriles is 1. The Morgan fingerprint density at radius 1 is 0.457 bits per heavy atom. The molecule has 0 bridgehead atoms. The number of benzene rings is 7. The Balaban J connectivity index is 1.35. The molecule has 2 heterocycles. The van der Waals surface area contributed by atoms with E-state index < -0.39 is 0 Å². The molecule has 0 fully saturated rings. The molecule has 0 aliphatic carbocycles. The Labute approximate surface area is 272 Å². The topological polar surface area (TPSA) is 33.6 Å². The second-order valence-electron chi connectivity index (χ2n) is 11.4. The molecule has 3 heteroatoms. The zero-order valence-corrected chi connectivity index (χ0v) is 24.6. The Morgan fingerprint density at radius 2 is 1.07 bits per heavy atom. The van der Waals surface area contributed by atoms with Gasteiger partial charge >= 0.3 is 0 Å². The minimum atomic E-state index is -0.258. The summed E-state index contributed by atoms with van der Waals surface area (Å²) in [7, 11) is 0. The van der Waals surface area contributed by atoms with E-state index in [1.807, 2.05) is 77.4 Å². The van der Waals surface area contributed by atoms with Crippen molar-refractivity contribution in [2.45, 2.75) is 0 Å². The number of hydrogen-bond donors (Lipinski definition) is 0. The van der Waals surface area contributed by atoms with E-state index in [-0.39, 0.29) is 24.2 Å². The first-order valence-corrected chi connectivity index (χ1v) is 15.2. The van der Waals surface area contributed by atoms with Gasteiger partial charge in [0.2, 0.25) is 0 Å². The van der Waals surface area contributed by atoms with Crippen LogP contribution in [-0.2, 0) is 0 Å². The van der Waals surface area contributed by atoms with Crippen molar-refractivity contribution in [3.63, 3.8) is 0 Å². The normalized spacial score (nSPS) is 12.7. The highest BCUT2D eigenvalue weighted by Crippen LogP contribution is 2.42. The summed E-state index contributed by atoms with van der Waals surface area (Å²) in [6, 6.07) is 48.0. The van der Waals surface area contributed by atoms with Gasteiger partial charge in [-0.1, -0.05) is 103 Å². The molecule has 0 unspecified atom stereocenters. The summed E-state index contributed by atoms with van der Waals surface area (Å²) in [5.74, 6) is 0. The van der Waals surface area contributed by atoms with Gasteiger partial charge in [0.25, 0.3) is 0 Å². The molecular weight excluding hydrogens is 558 g/mol. The third-order valence-electron chi connectivity index (χ3n) is 8.88. The van der Waals surface area contributed by atoms with E-state index >= 15 is 0 Å². The molecule has 7 aromatic carbocycles. The van der Waals surface area contributed by atoms with Crippen LogP contribution in [0.2, 0.25) is 0 Å². The van der Waals surface area contributed by atoms with Crippen LogP contribution < -0.4 is 0 Å². The second kappa shape index (κ2) is 10.4. The molecule has 0 atom stereocenters. The molecular formula is C43H27N3. The zero-order chi connectivity index (χ0) is 34.1. The van der Waals surface area contributed by atoms with Crippen LogP contribution in [-0.4, -0.2) is 9.13 Å². The molecule has 0 spiro atoms. The third-order valence-corrected chi connectivity index (χ3v) is 8.88. The van der Waals surface area contributed by atoms with E-state index in [0.29, 0.717) is 16.5 Å². The molecule has 9 rings (SSSR count). The molecule has 0 saturated carbocycles. The van der Waals surface area contributed by atoms with Gasteiger partial charge in [0.1, 0.15) is 0 Å². The van der Waals surface area contributed by atoms with Crippen molar-refractivity contribution >= 4 is 43.6 Å². The highest BCUT2D eigenvalue weighted by molar-refractivity contribution is 6.28. The van der Waals surface area contributed by atoms with Crippen molar-refractivity contribution in [3.8, 4) is 39.7 Å². The molecule has 3 nitrogen and oxygen atoms in total. The standard InChI is InChI=1S/C43H27N3/c44-28-29-17-19-31(20-18-29)32-21-23-34(24-22-32)45-38-15-6-4-13-36(38)42-40(45)25-26-41-43(42)37-14-5-7-16-39(37)46(41)35-12-8-11-33(27-35)30-9-2-1-3-10-30/h1-27H/i5D,7D,14D,16D. The van der Waals surface area contributed by atoms with Crippen LogP contribution in [0.25, 0.3) is 77.2 Å². The summed E-state index contributed by atoms with van der Waals surface area (Å²) in [6.45, 7) is 0. The number of para-hydroxylation sites is 2. The lowest BCUT2D eigenvalue weighted by Gasteiger charge is -2.11. The Bertz CT molecular complexity index is 2840. The smallest absolute Gasteiger partial charge is 0.0991 e. The molecule has 0 aliphatic heterocycles. The minimum Gasteiger partial charge on any atom is -0.309 e. The van der Waals surface area contributed by atoms with Gasteiger partial charge in [0.15, 0.2) is 0 Å². The average molecular weight is 590 g/mol. The van der Waals surface area contributed by atoms with Crippen LogP contribution in [0.1, 0.15) is 11.0 Å². The second-order valence-corrected chi connectivity index (χ2v) is 11.4. The Hall–Kier alpha value is -6.37.